The highest BCUT2D eigenvalue weighted by Crippen LogP contribution is 2.27. The number of hydrogen-bond acceptors (Lipinski definition) is 4. The Morgan fingerprint density at radius 2 is 1.96 bits per heavy atom. The number of rotatable bonds is 3. The Kier molecular flexibility index (Phi) is 4.43. The molecule has 2 aromatic rings. The molecule has 0 aliphatic carbocycles. The van der Waals surface area contributed by atoms with Crippen molar-refractivity contribution >= 4 is 23.2 Å². The molecule has 0 unspecified atom stereocenters. The summed E-state index contributed by atoms with van der Waals surface area (Å²) in [5, 5.41) is 11.6. The first-order valence-corrected chi connectivity index (χ1v) is 8.48. The van der Waals surface area contributed by atoms with Gasteiger partial charge in [0.2, 0.25) is 0 Å². The number of amides is 1. The van der Waals surface area contributed by atoms with Crippen LogP contribution in [0.25, 0.3) is 10.6 Å². The van der Waals surface area contributed by atoms with Crippen molar-refractivity contribution in [1.82, 2.24) is 9.88 Å². The van der Waals surface area contributed by atoms with E-state index in [0.717, 1.165) is 16.1 Å². The van der Waals surface area contributed by atoms with Crippen molar-refractivity contribution in [2.75, 3.05) is 13.1 Å². The van der Waals surface area contributed by atoms with Crippen LogP contribution in [0.5, 0.6) is 0 Å². The third kappa shape index (κ3) is 3.27. The SMILES string of the molecule is Cc1ccccc1-c1nc(C(=O)N2CCC(C(=O)O)CC2)cs1. The highest BCUT2D eigenvalue weighted by atomic mass is 32.1. The summed E-state index contributed by atoms with van der Waals surface area (Å²) in [7, 11) is 0. The summed E-state index contributed by atoms with van der Waals surface area (Å²) in [6.45, 7) is 2.98. The van der Waals surface area contributed by atoms with Gasteiger partial charge in [-0.05, 0) is 25.3 Å². The Labute approximate surface area is 138 Å². The fraction of sp³-hybridized carbons (Fsp3) is 0.353. The average molecular weight is 330 g/mol. The van der Waals surface area contributed by atoms with Gasteiger partial charge in [-0.1, -0.05) is 24.3 Å². The van der Waals surface area contributed by atoms with E-state index in [1.165, 1.54) is 11.3 Å². The number of nitrogens with zero attached hydrogens (tertiary/aromatic N) is 2. The number of carbonyl (C=O) groups is 2. The second-order valence-corrected chi connectivity index (χ2v) is 6.62. The predicted molar refractivity (Wildman–Crippen MR) is 88.6 cm³/mol. The molecule has 0 radical (unpaired) electrons. The van der Waals surface area contributed by atoms with Gasteiger partial charge in [0.1, 0.15) is 10.7 Å². The fourth-order valence-electron chi connectivity index (χ4n) is 2.80. The molecule has 5 nitrogen and oxygen atoms in total. The number of thiazole rings is 1. The van der Waals surface area contributed by atoms with E-state index in [9.17, 15) is 9.59 Å². The van der Waals surface area contributed by atoms with Crippen molar-refractivity contribution in [2.24, 2.45) is 5.92 Å². The monoisotopic (exact) mass is 330 g/mol. The largest absolute Gasteiger partial charge is 0.481 e. The Bertz CT molecular complexity index is 733. The third-order valence-electron chi connectivity index (χ3n) is 4.23. The molecule has 1 amide bonds. The Morgan fingerprint density at radius 3 is 2.61 bits per heavy atom. The molecule has 1 saturated heterocycles. The topological polar surface area (TPSA) is 70.5 Å². The molecule has 1 fully saturated rings. The molecule has 1 aliphatic heterocycles. The minimum absolute atomic E-state index is 0.107. The maximum atomic E-state index is 12.5. The summed E-state index contributed by atoms with van der Waals surface area (Å²) < 4.78 is 0. The smallest absolute Gasteiger partial charge is 0.306 e. The van der Waals surface area contributed by atoms with Crippen LogP contribution in [0.15, 0.2) is 29.6 Å². The fourth-order valence-corrected chi connectivity index (χ4v) is 3.68. The average Bonchev–Trinajstić information content (AvgIpc) is 3.04. The van der Waals surface area contributed by atoms with E-state index in [1.54, 1.807) is 10.3 Å². The van der Waals surface area contributed by atoms with Gasteiger partial charge in [0.15, 0.2) is 0 Å². The van der Waals surface area contributed by atoms with E-state index in [1.807, 2.05) is 31.2 Å². The highest BCUT2D eigenvalue weighted by molar-refractivity contribution is 7.13. The van der Waals surface area contributed by atoms with Crippen LogP contribution in [0, 0.1) is 12.8 Å². The predicted octanol–water partition coefficient (Wildman–Crippen LogP) is 3.06. The second-order valence-electron chi connectivity index (χ2n) is 5.76. The van der Waals surface area contributed by atoms with Crippen molar-refractivity contribution < 1.29 is 14.7 Å². The zero-order valence-corrected chi connectivity index (χ0v) is 13.7. The number of aromatic nitrogens is 1. The molecule has 0 saturated carbocycles. The van der Waals surface area contributed by atoms with E-state index in [2.05, 4.69) is 4.98 Å². The quantitative estimate of drug-likeness (QED) is 0.939. The van der Waals surface area contributed by atoms with Crippen LogP contribution >= 0.6 is 11.3 Å². The van der Waals surface area contributed by atoms with Gasteiger partial charge < -0.3 is 10.0 Å². The van der Waals surface area contributed by atoms with Crippen LogP contribution in [0.1, 0.15) is 28.9 Å². The molecule has 0 bridgehead atoms. The second kappa shape index (κ2) is 6.50. The zero-order chi connectivity index (χ0) is 16.4. The molecule has 1 aromatic heterocycles. The number of piperidine rings is 1. The number of carboxylic acids is 1. The first kappa shape index (κ1) is 15.7. The lowest BCUT2D eigenvalue weighted by atomic mass is 9.97. The molecular weight excluding hydrogens is 312 g/mol. The number of hydrogen-bond donors (Lipinski definition) is 1. The van der Waals surface area contributed by atoms with Gasteiger partial charge in [-0.3, -0.25) is 9.59 Å². The van der Waals surface area contributed by atoms with Crippen LogP contribution in [-0.4, -0.2) is 40.0 Å². The van der Waals surface area contributed by atoms with Crippen molar-refractivity contribution in [1.29, 1.82) is 0 Å². The van der Waals surface area contributed by atoms with E-state index in [0.29, 0.717) is 31.6 Å². The lowest BCUT2D eigenvalue weighted by Gasteiger charge is -2.29. The van der Waals surface area contributed by atoms with Gasteiger partial charge >= 0.3 is 5.97 Å². The molecular formula is C17H18N2O3S. The number of likely N-dealkylation sites (tertiary alicyclic amines) is 1. The zero-order valence-electron chi connectivity index (χ0n) is 12.9. The van der Waals surface area contributed by atoms with E-state index >= 15 is 0 Å². The van der Waals surface area contributed by atoms with E-state index in [-0.39, 0.29) is 11.8 Å². The van der Waals surface area contributed by atoms with Crippen LogP contribution < -0.4 is 0 Å². The molecule has 1 N–H and O–H groups in total. The normalized spacial score (nSPS) is 15.6. The number of carbonyl (C=O) groups excluding carboxylic acids is 1. The maximum absolute atomic E-state index is 12.5. The first-order chi connectivity index (χ1) is 11.1. The highest BCUT2D eigenvalue weighted by Gasteiger charge is 2.28. The summed E-state index contributed by atoms with van der Waals surface area (Å²) in [6, 6.07) is 7.96. The summed E-state index contributed by atoms with van der Waals surface area (Å²) in [6.07, 6.45) is 1.02. The summed E-state index contributed by atoms with van der Waals surface area (Å²) in [5.41, 5.74) is 2.62. The number of aryl methyl sites for hydroxylation is 1. The van der Waals surface area contributed by atoms with E-state index < -0.39 is 5.97 Å². The lowest BCUT2D eigenvalue weighted by molar-refractivity contribution is -0.143. The molecule has 3 rings (SSSR count). The van der Waals surface area contributed by atoms with Crippen molar-refractivity contribution in [3.63, 3.8) is 0 Å². The number of aliphatic carboxylic acids is 1. The molecule has 23 heavy (non-hydrogen) atoms. The van der Waals surface area contributed by atoms with Gasteiger partial charge in [-0.15, -0.1) is 11.3 Å². The molecule has 120 valence electrons. The summed E-state index contributed by atoms with van der Waals surface area (Å²) >= 11 is 1.46. The molecule has 2 heterocycles. The van der Waals surface area contributed by atoms with Crippen LogP contribution in [0.2, 0.25) is 0 Å². The Balaban J connectivity index is 1.72. The Morgan fingerprint density at radius 1 is 1.26 bits per heavy atom. The van der Waals surface area contributed by atoms with Gasteiger partial charge in [0.25, 0.3) is 5.91 Å². The number of benzene rings is 1. The van der Waals surface area contributed by atoms with Crippen molar-refractivity contribution in [2.45, 2.75) is 19.8 Å². The van der Waals surface area contributed by atoms with Gasteiger partial charge in [-0.2, -0.15) is 0 Å². The molecule has 0 atom stereocenters. The summed E-state index contributed by atoms with van der Waals surface area (Å²) in [5.74, 6) is -1.21. The third-order valence-corrected chi connectivity index (χ3v) is 5.11. The molecule has 1 aliphatic rings. The lowest BCUT2D eigenvalue weighted by Crippen LogP contribution is -2.40. The molecule has 0 spiro atoms. The standard InChI is InChI=1S/C17H18N2O3S/c1-11-4-2-3-5-13(11)15-18-14(10-23-15)16(20)19-8-6-12(7-9-19)17(21)22/h2-5,10,12H,6-9H2,1H3,(H,21,22). The number of carboxylic acid groups (broad SMARTS) is 1. The van der Waals surface area contributed by atoms with Crippen LogP contribution in [-0.2, 0) is 4.79 Å². The van der Waals surface area contributed by atoms with Crippen LogP contribution in [0.3, 0.4) is 0 Å². The first-order valence-electron chi connectivity index (χ1n) is 7.60. The summed E-state index contributed by atoms with van der Waals surface area (Å²) in [4.78, 5) is 29.7. The minimum atomic E-state index is -0.771. The van der Waals surface area contributed by atoms with Crippen LogP contribution in [0.4, 0.5) is 0 Å². The van der Waals surface area contributed by atoms with Crippen molar-refractivity contribution in [3.05, 3.63) is 40.9 Å². The van der Waals surface area contributed by atoms with Crippen molar-refractivity contribution in [3.8, 4) is 10.6 Å². The van der Waals surface area contributed by atoms with Gasteiger partial charge in [-0.25, -0.2) is 4.98 Å². The minimum Gasteiger partial charge on any atom is -0.481 e. The Hall–Kier alpha value is -2.21. The molecule has 6 heteroatoms. The van der Waals surface area contributed by atoms with Gasteiger partial charge in [0, 0.05) is 24.0 Å². The van der Waals surface area contributed by atoms with E-state index in [4.69, 9.17) is 5.11 Å². The molecule has 1 aromatic carbocycles. The van der Waals surface area contributed by atoms with Gasteiger partial charge in [0.05, 0.1) is 5.92 Å². The maximum Gasteiger partial charge on any atom is 0.306 e.